The van der Waals surface area contributed by atoms with Crippen LogP contribution in [0.4, 0.5) is 8.78 Å². The number of rotatable bonds is 4. The molecule has 2 unspecified atom stereocenters. The van der Waals surface area contributed by atoms with Gasteiger partial charge in [-0.25, -0.2) is 8.78 Å². The van der Waals surface area contributed by atoms with Crippen molar-refractivity contribution in [2.45, 2.75) is 31.3 Å². The Morgan fingerprint density at radius 3 is 2.50 bits per heavy atom. The summed E-state index contributed by atoms with van der Waals surface area (Å²) in [5.41, 5.74) is 0. The molecule has 0 aromatic carbocycles. The van der Waals surface area contributed by atoms with Gasteiger partial charge in [0.05, 0.1) is 12.5 Å². The van der Waals surface area contributed by atoms with Crippen LogP contribution >= 0.6 is 0 Å². The quantitative estimate of drug-likeness (QED) is 0.674. The van der Waals surface area contributed by atoms with Crippen LogP contribution in [0.1, 0.15) is 19.3 Å². The Balaban J connectivity index is 2.20. The first kappa shape index (κ1) is 9.38. The van der Waals surface area contributed by atoms with Crippen molar-refractivity contribution in [2.24, 2.45) is 5.92 Å². The molecule has 0 heterocycles. The van der Waals surface area contributed by atoms with Crippen molar-refractivity contribution in [1.82, 2.24) is 0 Å². The Morgan fingerprint density at radius 1 is 1.67 bits per heavy atom. The van der Waals surface area contributed by atoms with Gasteiger partial charge in [-0.3, -0.25) is 4.79 Å². The summed E-state index contributed by atoms with van der Waals surface area (Å²) in [4.78, 5) is 10.0. The second-order valence-electron chi connectivity index (χ2n) is 3.15. The molecule has 0 amide bonds. The fraction of sp³-hybridized carbons (Fsp3) is 0.857. The van der Waals surface area contributed by atoms with Gasteiger partial charge in [0, 0.05) is 12.3 Å². The van der Waals surface area contributed by atoms with Gasteiger partial charge in [0.1, 0.15) is 0 Å². The van der Waals surface area contributed by atoms with Crippen LogP contribution in [0, 0.1) is 5.92 Å². The molecule has 5 heteroatoms. The van der Waals surface area contributed by atoms with E-state index in [1.54, 1.807) is 0 Å². The van der Waals surface area contributed by atoms with Crippen molar-refractivity contribution in [2.75, 3.05) is 0 Å². The number of alkyl halides is 2. The number of halogens is 2. The lowest BCUT2D eigenvalue weighted by Gasteiger charge is -2.05. The monoisotopic (exact) mass is 180 g/mol. The lowest BCUT2D eigenvalue weighted by Crippen LogP contribution is -2.14. The van der Waals surface area contributed by atoms with Crippen molar-refractivity contribution in [1.29, 1.82) is 0 Å². The van der Waals surface area contributed by atoms with Crippen molar-refractivity contribution in [3.63, 3.8) is 0 Å². The summed E-state index contributed by atoms with van der Waals surface area (Å²) < 4.78 is 24.5. The summed E-state index contributed by atoms with van der Waals surface area (Å²) in [7, 11) is 0. The number of aliphatic hydroxyl groups excluding tert-OH is 1. The molecule has 0 bridgehead atoms. The van der Waals surface area contributed by atoms with Crippen LogP contribution in [0.2, 0.25) is 0 Å². The summed E-state index contributed by atoms with van der Waals surface area (Å²) in [5.74, 6) is -4.64. The lowest BCUT2D eigenvalue weighted by atomic mass is 10.1. The van der Waals surface area contributed by atoms with Gasteiger partial charge in [-0.2, -0.15) is 0 Å². The first-order chi connectivity index (χ1) is 5.42. The number of hydrogen-bond donors (Lipinski definition) is 2. The largest absolute Gasteiger partial charge is 0.481 e. The highest BCUT2D eigenvalue weighted by atomic mass is 19.3. The van der Waals surface area contributed by atoms with E-state index in [-0.39, 0.29) is 12.8 Å². The second-order valence-corrected chi connectivity index (χ2v) is 3.15. The van der Waals surface area contributed by atoms with Crippen LogP contribution in [0.25, 0.3) is 0 Å². The summed E-state index contributed by atoms with van der Waals surface area (Å²) in [6.45, 7) is 0. The first-order valence-corrected chi connectivity index (χ1v) is 3.69. The zero-order valence-corrected chi connectivity index (χ0v) is 6.33. The van der Waals surface area contributed by atoms with Crippen LogP contribution in [0.15, 0.2) is 0 Å². The Labute approximate surface area is 68.0 Å². The second kappa shape index (κ2) is 2.97. The fourth-order valence-electron chi connectivity index (χ4n) is 1.14. The molecule has 0 saturated heterocycles. The number of carboxylic acids is 1. The van der Waals surface area contributed by atoms with Crippen LogP contribution in [0.5, 0.6) is 0 Å². The van der Waals surface area contributed by atoms with E-state index in [0.29, 0.717) is 0 Å². The third-order valence-corrected chi connectivity index (χ3v) is 1.92. The molecule has 70 valence electrons. The molecule has 3 nitrogen and oxygen atoms in total. The van der Waals surface area contributed by atoms with E-state index in [1.165, 1.54) is 0 Å². The predicted molar refractivity (Wildman–Crippen MR) is 35.9 cm³/mol. The smallest absolute Gasteiger partial charge is 0.305 e. The van der Waals surface area contributed by atoms with Gasteiger partial charge in [-0.05, 0) is 6.42 Å². The van der Waals surface area contributed by atoms with E-state index in [1.807, 2.05) is 0 Å². The minimum Gasteiger partial charge on any atom is -0.481 e. The van der Waals surface area contributed by atoms with Crippen LogP contribution in [0.3, 0.4) is 0 Å². The van der Waals surface area contributed by atoms with Gasteiger partial charge >= 0.3 is 5.97 Å². The molecular weight excluding hydrogens is 170 g/mol. The van der Waals surface area contributed by atoms with Crippen molar-refractivity contribution in [3.05, 3.63) is 0 Å². The van der Waals surface area contributed by atoms with E-state index in [9.17, 15) is 13.6 Å². The Hall–Kier alpha value is -0.710. The highest BCUT2D eigenvalue weighted by molar-refractivity contribution is 5.67. The zero-order chi connectivity index (χ0) is 9.35. The summed E-state index contributed by atoms with van der Waals surface area (Å²) in [6.07, 6.45) is -1.92. The highest BCUT2D eigenvalue weighted by Gasteiger charge is 2.56. The third-order valence-electron chi connectivity index (χ3n) is 1.92. The SMILES string of the molecule is O=C(O)CC(O)CC1CC1(F)F. The molecule has 12 heavy (non-hydrogen) atoms. The summed E-state index contributed by atoms with van der Waals surface area (Å²) >= 11 is 0. The van der Waals surface area contributed by atoms with Gasteiger partial charge in [0.15, 0.2) is 0 Å². The molecule has 1 rings (SSSR count). The maximum absolute atomic E-state index is 12.2. The number of carbonyl (C=O) groups is 1. The van der Waals surface area contributed by atoms with Crippen LogP contribution in [-0.2, 0) is 4.79 Å². The number of aliphatic carboxylic acids is 1. The maximum Gasteiger partial charge on any atom is 0.305 e. The molecule has 0 aliphatic heterocycles. The van der Waals surface area contributed by atoms with Crippen molar-refractivity contribution < 1.29 is 23.8 Å². The molecule has 2 atom stereocenters. The molecule has 1 aliphatic carbocycles. The molecule has 1 aliphatic rings. The Morgan fingerprint density at radius 2 is 2.17 bits per heavy atom. The van der Waals surface area contributed by atoms with Gasteiger partial charge in [0.2, 0.25) is 0 Å². The van der Waals surface area contributed by atoms with Crippen LogP contribution < -0.4 is 0 Å². The van der Waals surface area contributed by atoms with Crippen molar-refractivity contribution in [3.8, 4) is 0 Å². The van der Waals surface area contributed by atoms with E-state index >= 15 is 0 Å². The molecule has 1 fully saturated rings. The van der Waals surface area contributed by atoms with Gasteiger partial charge in [-0.1, -0.05) is 0 Å². The Bertz CT molecular complexity index is 193. The predicted octanol–water partition coefficient (Wildman–Crippen LogP) is 0.867. The topological polar surface area (TPSA) is 57.5 Å². The first-order valence-electron chi connectivity index (χ1n) is 3.69. The Kier molecular flexibility index (Phi) is 2.32. The molecule has 1 saturated carbocycles. The van der Waals surface area contributed by atoms with Gasteiger partial charge in [0.25, 0.3) is 5.92 Å². The highest BCUT2D eigenvalue weighted by Crippen LogP contribution is 2.51. The minimum atomic E-state index is -2.67. The van der Waals surface area contributed by atoms with E-state index in [0.717, 1.165) is 0 Å². The fourth-order valence-corrected chi connectivity index (χ4v) is 1.14. The normalized spacial score (nSPS) is 28.1. The third kappa shape index (κ3) is 2.41. The van der Waals surface area contributed by atoms with Gasteiger partial charge in [-0.15, -0.1) is 0 Å². The molecule has 2 N–H and O–H groups in total. The lowest BCUT2D eigenvalue weighted by molar-refractivity contribution is -0.139. The molecule has 0 radical (unpaired) electrons. The van der Waals surface area contributed by atoms with Gasteiger partial charge < -0.3 is 10.2 Å². The van der Waals surface area contributed by atoms with E-state index in [4.69, 9.17) is 10.2 Å². The minimum absolute atomic E-state index is 0.112. The van der Waals surface area contributed by atoms with E-state index in [2.05, 4.69) is 0 Å². The maximum atomic E-state index is 12.2. The van der Waals surface area contributed by atoms with E-state index < -0.39 is 30.3 Å². The van der Waals surface area contributed by atoms with Crippen LogP contribution in [-0.4, -0.2) is 28.2 Å². The number of aliphatic hydroxyl groups is 1. The molecule has 0 aromatic rings. The average Bonchev–Trinajstić information content (AvgIpc) is 2.35. The number of carboxylic acid groups (broad SMARTS) is 1. The molecule has 0 spiro atoms. The zero-order valence-electron chi connectivity index (χ0n) is 6.33. The average molecular weight is 180 g/mol. The summed E-state index contributed by atoms with van der Waals surface area (Å²) in [5, 5.41) is 17.1. The van der Waals surface area contributed by atoms with Crippen molar-refractivity contribution >= 4 is 5.97 Å². The standard InChI is InChI=1S/C7H10F2O3/c8-7(9)3-4(7)1-5(10)2-6(11)12/h4-5,10H,1-3H2,(H,11,12). The number of hydrogen-bond acceptors (Lipinski definition) is 2. The molecule has 0 aromatic heterocycles. The summed E-state index contributed by atoms with van der Waals surface area (Å²) in [6, 6.07) is 0. The molecular formula is C7H10F2O3.